The van der Waals surface area contributed by atoms with Crippen LogP contribution < -0.4 is 10.6 Å². The fourth-order valence-electron chi connectivity index (χ4n) is 2.49. The molecule has 1 aliphatic heterocycles. The maximum Gasteiger partial charge on any atom is 0.220 e. The Kier molecular flexibility index (Phi) is 5.33. The van der Waals surface area contributed by atoms with Gasteiger partial charge in [0, 0.05) is 25.4 Å². The normalized spacial score (nSPS) is 19.1. The lowest BCUT2D eigenvalue weighted by molar-refractivity contribution is -0.121. The first-order chi connectivity index (χ1) is 9.25. The fourth-order valence-corrected chi connectivity index (χ4v) is 2.49. The summed E-state index contributed by atoms with van der Waals surface area (Å²) in [6.45, 7) is 4.82. The number of aromatic nitrogens is 1. The molecule has 1 amide bonds. The molecule has 0 aliphatic carbocycles. The number of carbonyl (C=O) groups excluding carboxylic acids is 1. The molecular weight excluding hydrogens is 238 g/mol. The number of hydrogen-bond acceptors (Lipinski definition) is 3. The largest absolute Gasteiger partial charge is 0.352 e. The number of nitrogens with zero attached hydrogens (tertiary/aromatic N) is 1. The van der Waals surface area contributed by atoms with Crippen molar-refractivity contribution in [2.45, 2.75) is 39.2 Å². The number of hydrogen-bond donors (Lipinski definition) is 2. The third-order valence-electron chi connectivity index (χ3n) is 3.79. The van der Waals surface area contributed by atoms with Crippen molar-refractivity contribution in [2.75, 3.05) is 13.1 Å². The van der Waals surface area contributed by atoms with Crippen molar-refractivity contribution in [1.29, 1.82) is 0 Å². The second-order valence-electron chi connectivity index (χ2n) is 5.33. The molecule has 4 heteroatoms. The van der Waals surface area contributed by atoms with Gasteiger partial charge in [0.25, 0.3) is 0 Å². The van der Waals surface area contributed by atoms with Crippen molar-refractivity contribution in [3.63, 3.8) is 0 Å². The molecule has 1 unspecified atom stereocenters. The van der Waals surface area contributed by atoms with Gasteiger partial charge in [0.05, 0.1) is 0 Å². The summed E-state index contributed by atoms with van der Waals surface area (Å²) in [6.07, 6.45) is 7.72. The van der Waals surface area contributed by atoms with Gasteiger partial charge in [0.15, 0.2) is 0 Å². The number of carbonyl (C=O) groups is 1. The first-order valence-electron chi connectivity index (χ1n) is 7.12. The van der Waals surface area contributed by atoms with Gasteiger partial charge in [-0.05, 0) is 62.4 Å². The predicted octanol–water partition coefficient (Wildman–Crippen LogP) is 1.79. The second-order valence-corrected chi connectivity index (χ2v) is 5.33. The fraction of sp³-hybridized carbons (Fsp3) is 0.600. The van der Waals surface area contributed by atoms with E-state index in [2.05, 4.69) is 15.6 Å². The van der Waals surface area contributed by atoms with E-state index in [1.54, 1.807) is 6.20 Å². The Labute approximate surface area is 115 Å². The average molecular weight is 261 g/mol. The Hall–Kier alpha value is -1.42. The van der Waals surface area contributed by atoms with Crippen LogP contribution in [0.3, 0.4) is 0 Å². The molecule has 1 aromatic heterocycles. The van der Waals surface area contributed by atoms with Crippen LogP contribution in [0.1, 0.15) is 36.8 Å². The summed E-state index contributed by atoms with van der Waals surface area (Å²) in [5.41, 5.74) is 2.27. The summed E-state index contributed by atoms with van der Waals surface area (Å²) in [7, 11) is 0. The molecule has 1 aromatic rings. The number of aryl methyl sites for hydroxylation is 1. The van der Waals surface area contributed by atoms with Crippen LogP contribution in [-0.2, 0) is 11.3 Å². The van der Waals surface area contributed by atoms with Gasteiger partial charge in [-0.3, -0.25) is 9.78 Å². The zero-order valence-electron chi connectivity index (χ0n) is 11.6. The van der Waals surface area contributed by atoms with Crippen LogP contribution >= 0.6 is 0 Å². The highest BCUT2D eigenvalue weighted by Gasteiger charge is 2.14. The van der Waals surface area contributed by atoms with Crippen molar-refractivity contribution in [3.05, 3.63) is 29.6 Å². The second kappa shape index (κ2) is 7.24. The van der Waals surface area contributed by atoms with E-state index in [0.717, 1.165) is 30.6 Å². The van der Waals surface area contributed by atoms with E-state index >= 15 is 0 Å². The summed E-state index contributed by atoms with van der Waals surface area (Å²) < 4.78 is 0. The van der Waals surface area contributed by atoms with Gasteiger partial charge in [-0.2, -0.15) is 0 Å². The summed E-state index contributed by atoms with van der Waals surface area (Å²) in [5, 5.41) is 6.38. The standard InChI is InChI=1S/C15H23N3O/c1-12-9-17-8-6-14(12)11-18-15(19)5-4-13-3-2-7-16-10-13/h6,8-9,13,16H,2-5,7,10-11H2,1H3,(H,18,19). The highest BCUT2D eigenvalue weighted by atomic mass is 16.1. The summed E-state index contributed by atoms with van der Waals surface area (Å²) in [6, 6.07) is 1.96. The molecular formula is C15H23N3O. The topological polar surface area (TPSA) is 54.0 Å². The van der Waals surface area contributed by atoms with Gasteiger partial charge >= 0.3 is 0 Å². The minimum atomic E-state index is 0.154. The maximum atomic E-state index is 11.8. The smallest absolute Gasteiger partial charge is 0.220 e. The molecule has 2 heterocycles. The molecule has 4 nitrogen and oxygen atoms in total. The summed E-state index contributed by atoms with van der Waals surface area (Å²) in [5.74, 6) is 0.823. The predicted molar refractivity (Wildman–Crippen MR) is 75.6 cm³/mol. The van der Waals surface area contributed by atoms with E-state index in [-0.39, 0.29) is 5.91 Å². The summed E-state index contributed by atoms with van der Waals surface area (Å²) in [4.78, 5) is 15.9. The zero-order valence-corrected chi connectivity index (χ0v) is 11.6. The molecule has 1 aliphatic rings. The number of rotatable bonds is 5. The Morgan fingerprint density at radius 2 is 2.47 bits per heavy atom. The van der Waals surface area contributed by atoms with E-state index < -0.39 is 0 Å². The molecule has 0 saturated carbocycles. The van der Waals surface area contributed by atoms with Crippen molar-refractivity contribution in [1.82, 2.24) is 15.6 Å². The van der Waals surface area contributed by atoms with Gasteiger partial charge in [-0.25, -0.2) is 0 Å². The Morgan fingerprint density at radius 1 is 1.58 bits per heavy atom. The Morgan fingerprint density at radius 3 is 3.21 bits per heavy atom. The van der Waals surface area contributed by atoms with Crippen LogP contribution in [-0.4, -0.2) is 24.0 Å². The van der Waals surface area contributed by atoms with Gasteiger partial charge in [0.2, 0.25) is 5.91 Å². The zero-order chi connectivity index (χ0) is 13.5. The van der Waals surface area contributed by atoms with Gasteiger partial charge in [-0.15, -0.1) is 0 Å². The van der Waals surface area contributed by atoms with E-state index in [4.69, 9.17) is 0 Å². The number of nitrogens with one attached hydrogen (secondary N) is 2. The number of pyridine rings is 1. The molecule has 2 N–H and O–H groups in total. The van der Waals surface area contributed by atoms with Crippen LogP contribution in [0.4, 0.5) is 0 Å². The molecule has 19 heavy (non-hydrogen) atoms. The molecule has 0 radical (unpaired) electrons. The number of piperidine rings is 1. The Balaban J connectivity index is 1.68. The lowest BCUT2D eigenvalue weighted by atomic mass is 9.94. The van der Waals surface area contributed by atoms with Crippen LogP contribution in [0, 0.1) is 12.8 Å². The Bertz CT molecular complexity index is 414. The minimum Gasteiger partial charge on any atom is -0.352 e. The molecule has 1 atom stereocenters. The highest BCUT2D eigenvalue weighted by Crippen LogP contribution is 2.15. The SMILES string of the molecule is Cc1cnccc1CNC(=O)CCC1CCCNC1. The van der Waals surface area contributed by atoms with Crippen LogP contribution in [0.5, 0.6) is 0 Å². The monoisotopic (exact) mass is 261 g/mol. The molecule has 0 bridgehead atoms. The van der Waals surface area contributed by atoms with E-state index in [9.17, 15) is 4.79 Å². The first-order valence-corrected chi connectivity index (χ1v) is 7.12. The van der Waals surface area contributed by atoms with Crippen molar-refractivity contribution in [2.24, 2.45) is 5.92 Å². The lowest BCUT2D eigenvalue weighted by Gasteiger charge is -2.22. The van der Waals surface area contributed by atoms with Gasteiger partial charge in [-0.1, -0.05) is 0 Å². The van der Waals surface area contributed by atoms with Crippen LogP contribution in [0.2, 0.25) is 0 Å². The van der Waals surface area contributed by atoms with Crippen molar-refractivity contribution >= 4 is 5.91 Å². The molecule has 0 aromatic carbocycles. The van der Waals surface area contributed by atoms with Crippen molar-refractivity contribution in [3.8, 4) is 0 Å². The molecule has 2 rings (SSSR count). The first kappa shape index (κ1) is 14.0. The number of amides is 1. The van der Waals surface area contributed by atoms with E-state index in [0.29, 0.717) is 18.9 Å². The van der Waals surface area contributed by atoms with Gasteiger partial charge in [0.1, 0.15) is 0 Å². The molecule has 1 saturated heterocycles. The maximum absolute atomic E-state index is 11.8. The van der Waals surface area contributed by atoms with Crippen LogP contribution in [0.15, 0.2) is 18.5 Å². The third-order valence-corrected chi connectivity index (χ3v) is 3.79. The molecule has 104 valence electrons. The van der Waals surface area contributed by atoms with E-state index in [1.165, 1.54) is 12.8 Å². The quantitative estimate of drug-likeness (QED) is 0.849. The van der Waals surface area contributed by atoms with E-state index in [1.807, 2.05) is 19.2 Å². The molecule has 1 fully saturated rings. The van der Waals surface area contributed by atoms with Crippen LogP contribution in [0.25, 0.3) is 0 Å². The average Bonchev–Trinajstić information content (AvgIpc) is 2.45. The minimum absolute atomic E-state index is 0.154. The third kappa shape index (κ3) is 4.63. The molecule has 0 spiro atoms. The highest BCUT2D eigenvalue weighted by molar-refractivity contribution is 5.75. The van der Waals surface area contributed by atoms with Gasteiger partial charge < -0.3 is 10.6 Å². The summed E-state index contributed by atoms with van der Waals surface area (Å²) >= 11 is 0. The van der Waals surface area contributed by atoms with Crippen molar-refractivity contribution < 1.29 is 4.79 Å². The lowest BCUT2D eigenvalue weighted by Crippen LogP contribution is -2.31.